The van der Waals surface area contributed by atoms with Crippen LogP contribution >= 0.6 is 11.6 Å². The molecule has 14 nitrogen and oxygen atoms in total. The molecule has 0 saturated heterocycles. The van der Waals surface area contributed by atoms with Crippen molar-refractivity contribution in [3.8, 4) is 11.1 Å². The Balaban J connectivity index is 1.50. The Morgan fingerprint density at radius 1 is 0.963 bits per heavy atom. The third kappa shape index (κ3) is 9.75. The molecular formula is C38H46ClN5O9S. The second kappa shape index (κ2) is 17.9. The molecule has 54 heavy (non-hydrogen) atoms. The number of anilines is 1. The Bertz CT molecular complexity index is 1960. The molecule has 16 heteroatoms. The molecule has 1 unspecified atom stereocenters. The lowest BCUT2D eigenvalue weighted by molar-refractivity contribution is -0.144. The summed E-state index contributed by atoms with van der Waals surface area (Å²) in [5.41, 5.74) is 7.68. The van der Waals surface area contributed by atoms with Gasteiger partial charge in [-0.3, -0.25) is 18.9 Å². The topological polar surface area (TPSA) is 223 Å². The molecule has 0 aliphatic heterocycles. The van der Waals surface area contributed by atoms with Crippen LogP contribution in [0, 0.1) is 11.3 Å². The van der Waals surface area contributed by atoms with Crippen molar-refractivity contribution in [2.45, 2.75) is 75.7 Å². The molecule has 0 aromatic heterocycles. The van der Waals surface area contributed by atoms with Gasteiger partial charge < -0.3 is 31.7 Å². The van der Waals surface area contributed by atoms with Gasteiger partial charge in [-0.15, -0.1) is 11.6 Å². The molecule has 5 amide bonds. The first kappa shape index (κ1) is 41.8. The lowest BCUT2D eigenvalue weighted by Crippen LogP contribution is -2.57. The summed E-state index contributed by atoms with van der Waals surface area (Å²) in [6, 6.07) is 16.3. The zero-order valence-electron chi connectivity index (χ0n) is 30.5. The highest BCUT2D eigenvalue weighted by atomic mass is 35.5. The van der Waals surface area contributed by atoms with Gasteiger partial charge in [0.1, 0.15) is 23.0 Å². The molecule has 3 aromatic rings. The third-order valence-electron chi connectivity index (χ3n) is 9.67. The van der Waals surface area contributed by atoms with Crippen LogP contribution in [-0.2, 0) is 35.1 Å². The van der Waals surface area contributed by atoms with Crippen molar-refractivity contribution in [3.05, 3.63) is 83.4 Å². The SMILES string of the molecule is CC[C@](C)(C(=O)N[C@@H](CCCNC(N)=O)C(=O)Nc1ccc(CCl)c(S(=O)(=O)O)c1)C(=O)C(NC(=O)OCC1c2ccccc2-c2ccccc21)C(C)C. The van der Waals surface area contributed by atoms with Crippen LogP contribution in [0.1, 0.15) is 69.6 Å². The minimum Gasteiger partial charge on any atom is -0.449 e. The number of hydrogen-bond acceptors (Lipinski definition) is 8. The predicted octanol–water partition coefficient (Wildman–Crippen LogP) is 5.09. The molecule has 7 N–H and O–H groups in total. The number of nitrogens with one attached hydrogen (secondary N) is 4. The molecule has 0 fully saturated rings. The number of hydrogen-bond donors (Lipinski definition) is 6. The van der Waals surface area contributed by atoms with Crippen molar-refractivity contribution in [2.24, 2.45) is 17.1 Å². The van der Waals surface area contributed by atoms with Gasteiger partial charge in [-0.25, -0.2) is 9.59 Å². The van der Waals surface area contributed by atoms with Crippen molar-refractivity contribution in [3.63, 3.8) is 0 Å². The smallest absolute Gasteiger partial charge is 0.407 e. The van der Waals surface area contributed by atoms with Crippen molar-refractivity contribution < 1.29 is 41.7 Å². The summed E-state index contributed by atoms with van der Waals surface area (Å²) in [5, 5.41) is 10.3. The highest BCUT2D eigenvalue weighted by Crippen LogP contribution is 2.44. The van der Waals surface area contributed by atoms with Crippen LogP contribution in [0.15, 0.2) is 71.6 Å². The van der Waals surface area contributed by atoms with Gasteiger partial charge in [0.2, 0.25) is 11.8 Å². The van der Waals surface area contributed by atoms with Gasteiger partial charge in [0.25, 0.3) is 10.1 Å². The number of carbonyl (C=O) groups excluding carboxylic acids is 5. The molecule has 1 aliphatic carbocycles. The summed E-state index contributed by atoms with van der Waals surface area (Å²) in [4.78, 5) is 65.7. The standard InChI is InChI=1S/C38H46ClN5O9S/c1-5-38(4,33(45)32(22(2)3)44-37(49)53-21-29-27-13-8-6-11-25(27)26-12-7-9-14-28(26)29)35(47)43-30(15-10-18-41-36(40)48)34(46)42-24-17-16-23(20-39)31(19-24)54(50,51)52/h6-9,11-14,16-17,19,22,29-30,32H,5,10,15,18,20-21H2,1-4H3,(H,42,46)(H,43,47)(H,44,49)(H3,40,41,48)(H,50,51,52)/t30-,32?,38-/m0/s1. The van der Waals surface area contributed by atoms with Crippen LogP contribution in [0.5, 0.6) is 0 Å². The molecule has 0 heterocycles. The molecule has 3 atom stereocenters. The molecule has 0 saturated carbocycles. The number of alkyl carbamates (subject to hydrolysis) is 1. The Kier molecular flexibility index (Phi) is 13.8. The van der Waals surface area contributed by atoms with E-state index in [0.29, 0.717) is 0 Å². The summed E-state index contributed by atoms with van der Waals surface area (Å²) < 4.78 is 39.2. The first-order valence-electron chi connectivity index (χ1n) is 17.5. The lowest BCUT2D eigenvalue weighted by Gasteiger charge is -2.33. The Morgan fingerprint density at radius 2 is 1.57 bits per heavy atom. The van der Waals surface area contributed by atoms with Crippen LogP contribution in [0.3, 0.4) is 0 Å². The van der Waals surface area contributed by atoms with Gasteiger partial charge in [-0.2, -0.15) is 8.42 Å². The fourth-order valence-corrected chi connectivity index (χ4v) is 7.47. The van der Waals surface area contributed by atoms with Crippen LogP contribution in [0.25, 0.3) is 11.1 Å². The summed E-state index contributed by atoms with van der Waals surface area (Å²) >= 11 is 5.82. The Morgan fingerprint density at radius 3 is 2.11 bits per heavy atom. The van der Waals surface area contributed by atoms with Crippen LogP contribution in [-0.4, -0.2) is 67.9 Å². The maximum atomic E-state index is 14.2. The van der Waals surface area contributed by atoms with E-state index in [9.17, 15) is 36.9 Å². The van der Waals surface area contributed by atoms with Crippen LogP contribution in [0.2, 0.25) is 0 Å². The number of urea groups is 1. The fraction of sp³-hybridized carbons (Fsp3) is 0.395. The van der Waals surface area contributed by atoms with E-state index in [1.165, 1.54) is 19.1 Å². The third-order valence-corrected chi connectivity index (χ3v) is 10.9. The molecule has 290 valence electrons. The van der Waals surface area contributed by atoms with Crippen LogP contribution in [0.4, 0.5) is 15.3 Å². The largest absolute Gasteiger partial charge is 0.449 e. The number of benzene rings is 3. The highest BCUT2D eigenvalue weighted by Gasteiger charge is 2.45. The molecule has 0 bridgehead atoms. The molecule has 1 aliphatic rings. The van der Waals surface area contributed by atoms with E-state index in [1.54, 1.807) is 20.8 Å². The number of primary amides is 1. The number of ketones is 1. The Hall–Kier alpha value is -4.99. The van der Waals surface area contributed by atoms with E-state index < -0.39 is 68.2 Å². The van der Waals surface area contributed by atoms with E-state index in [1.807, 2.05) is 48.5 Å². The molecule has 3 aromatic carbocycles. The highest BCUT2D eigenvalue weighted by molar-refractivity contribution is 7.85. The second-order valence-corrected chi connectivity index (χ2v) is 15.3. The van der Waals surface area contributed by atoms with Crippen molar-refractivity contribution in [2.75, 3.05) is 18.5 Å². The van der Waals surface area contributed by atoms with E-state index in [4.69, 9.17) is 22.1 Å². The zero-order valence-corrected chi connectivity index (χ0v) is 32.1. The summed E-state index contributed by atoms with van der Waals surface area (Å²) in [6.45, 7) is 6.58. The molecular weight excluding hydrogens is 738 g/mol. The lowest BCUT2D eigenvalue weighted by atomic mass is 9.76. The minimum absolute atomic E-state index is 0.00241. The number of nitrogens with two attached hydrogens (primary N) is 1. The minimum atomic E-state index is -4.69. The number of halogens is 1. The number of rotatable bonds is 17. The number of Topliss-reactive ketones (excluding diaryl/α,β-unsaturated/α-hetero) is 1. The number of ether oxygens (including phenoxy) is 1. The molecule has 0 radical (unpaired) electrons. The number of alkyl halides is 1. The van der Waals surface area contributed by atoms with Crippen molar-refractivity contribution in [1.82, 2.24) is 16.0 Å². The average molecular weight is 784 g/mol. The first-order valence-corrected chi connectivity index (χ1v) is 19.5. The zero-order chi connectivity index (χ0) is 39.8. The van der Waals surface area contributed by atoms with Gasteiger partial charge in [0, 0.05) is 24.0 Å². The van der Waals surface area contributed by atoms with Crippen molar-refractivity contribution in [1.29, 1.82) is 0 Å². The maximum Gasteiger partial charge on any atom is 0.407 e. The second-order valence-electron chi connectivity index (χ2n) is 13.6. The fourth-order valence-electron chi connectivity index (χ4n) is 6.41. The predicted molar refractivity (Wildman–Crippen MR) is 203 cm³/mol. The van der Waals surface area contributed by atoms with Gasteiger partial charge in [-0.05, 0) is 72.1 Å². The maximum absolute atomic E-state index is 14.2. The summed E-state index contributed by atoms with van der Waals surface area (Å²) in [7, 11) is -4.69. The normalized spacial score (nSPS) is 14.5. The number of fused-ring (bicyclic) bond motifs is 3. The first-order chi connectivity index (χ1) is 25.5. The monoisotopic (exact) mass is 783 g/mol. The van der Waals surface area contributed by atoms with Gasteiger partial charge in [0.05, 0.1) is 6.04 Å². The van der Waals surface area contributed by atoms with Gasteiger partial charge >= 0.3 is 12.1 Å². The molecule has 4 rings (SSSR count). The number of carbonyl (C=O) groups is 5. The van der Waals surface area contributed by atoms with E-state index in [-0.39, 0.29) is 55.5 Å². The van der Waals surface area contributed by atoms with Crippen LogP contribution < -0.4 is 27.0 Å². The van der Waals surface area contributed by atoms with E-state index >= 15 is 0 Å². The van der Waals surface area contributed by atoms with E-state index in [0.717, 1.165) is 28.3 Å². The van der Waals surface area contributed by atoms with Gasteiger partial charge in [-0.1, -0.05) is 75.4 Å². The van der Waals surface area contributed by atoms with Gasteiger partial charge in [0.15, 0.2) is 5.78 Å². The molecule has 0 spiro atoms. The summed E-state index contributed by atoms with van der Waals surface area (Å²) in [5.74, 6) is -3.06. The van der Waals surface area contributed by atoms with E-state index in [2.05, 4.69) is 21.3 Å². The average Bonchev–Trinajstić information content (AvgIpc) is 3.46. The Labute approximate surface area is 319 Å². The van der Waals surface area contributed by atoms with Crippen molar-refractivity contribution >= 4 is 57.1 Å². The summed E-state index contributed by atoms with van der Waals surface area (Å²) in [6.07, 6.45) is -0.672. The number of amides is 5. The quantitative estimate of drug-likeness (QED) is 0.0464.